The first kappa shape index (κ1) is 16.7. The van der Waals surface area contributed by atoms with Crippen molar-refractivity contribution in [3.8, 4) is 11.3 Å². The van der Waals surface area contributed by atoms with Gasteiger partial charge in [0.25, 0.3) is 0 Å². The molecule has 118 valence electrons. The zero-order chi connectivity index (χ0) is 16.3. The number of hydrogen-bond donors (Lipinski definition) is 0. The Hall–Kier alpha value is -1.62. The fourth-order valence-electron chi connectivity index (χ4n) is 2.06. The highest BCUT2D eigenvalue weighted by Gasteiger charge is 2.18. The lowest BCUT2D eigenvalue weighted by atomic mass is 10.1. The third-order valence-electron chi connectivity index (χ3n) is 2.90. The third kappa shape index (κ3) is 4.70. The molecule has 5 heteroatoms. The molecule has 0 N–H and O–H groups in total. The van der Waals surface area contributed by atoms with Gasteiger partial charge in [-0.3, -0.25) is 4.79 Å². The highest BCUT2D eigenvalue weighted by Crippen LogP contribution is 2.26. The van der Waals surface area contributed by atoms with Crippen LogP contribution in [0.5, 0.6) is 0 Å². The number of halogens is 1. The van der Waals surface area contributed by atoms with Crippen LogP contribution in [-0.4, -0.2) is 16.6 Å². The average Bonchev–Trinajstić information content (AvgIpc) is 2.76. The molecule has 0 aliphatic rings. The molecular weight excluding hydrogens is 346 g/mol. The molecular formula is C17H20BrNO3. The highest BCUT2D eigenvalue weighted by molar-refractivity contribution is 9.10. The second-order valence-electron chi connectivity index (χ2n) is 6.11. The van der Waals surface area contributed by atoms with E-state index in [2.05, 4.69) is 20.9 Å². The van der Waals surface area contributed by atoms with Gasteiger partial charge in [0, 0.05) is 16.5 Å². The van der Waals surface area contributed by atoms with Crippen LogP contribution in [0.15, 0.2) is 33.2 Å². The van der Waals surface area contributed by atoms with Gasteiger partial charge < -0.3 is 9.15 Å². The highest BCUT2D eigenvalue weighted by atomic mass is 79.9. The van der Waals surface area contributed by atoms with Crippen LogP contribution in [0.4, 0.5) is 0 Å². The van der Waals surface area contributed by atoms with Gasteiger partial charge in [-0.15, -0.1) is 0 Å². The van der Waals surface area contributed by atoms with Crippen LogP contribution in [0.2, 0.25) is 0 Å². The van der Waals surface area contributed by atoms with Gasteiger partial charge in [-0.2, -0.15) is 0 Å². The summed E-state index contributed by atoms with van der Waals surface area (Å²) in [6.07, 6.45) is 0.693. The second-order valence-corrected chi connectivity index (χ2v) is 7.02. The molecule has 0 unspecified atom stereocenters. The lowest BCUT2D eigenvalue weighted by Gasteiger charge is -2.19. The monoisotopic (exact) mass is 365 g/mol. The Bertz CT molecular complexity index is 671. The molecule has 1 heterocycles. The van der Waals surface area contributed by atoms with Gasteiger partial charge in [0.1, 0.15) is 17.1 Å². The number of rotatable bonds is 4. The molecule has 0 amide bonds. The fraction of sp³-hybridized carbons (Fsp3) is 0.412. The van der Waals surface area contributed by atoms with Crippen molar-refractivity contribution in [3.05, 3.63) is 40.4 Å². The van der Waals surface area contributed by atoms with Crippen molar-refractivity contribution in [2.24, 2.45) is 0 Å². The zero-order valence-electron chi connectivity index (χ0n) is 13.3. The topological polar surface area (TPSA) is 52.3 Å². The summed E-state index contributed by atoms with van der Waals surface area (Å²) in [5.41, 5.74) is 1.32. The number of oxazole rings is 1. The molecule has 0 aliphatic heterocycles. The van der Waals surface area contributed by atoms with Crippen LogP contribution in [0.3, 0.4) is 0 Å². The van der Waals surface area contributed by atoms with E-state index in [4.69, 9.17) is 9.15 Å². The molecule has 1 aromatic carbocycles. The minimum atomic E-state index is -0.467. The number of aromatic nitrogens is 1. The average molecular weight is 366 g/mol. The summed E-state index contributed by atoms with van der Waals surface area (Å²) in [4.78, 5) is 16.2. The Morgan fingerprint density at radius 1 is 1.36 bits per heavy atom. The van der Waals surface area contributed by atoms with Crippen molar-refractivity contribution in [1.82, 2.24) is 4.98 Å². The van der Waals surface area contributed by atoms with E-state index in [0.717, 1.165) is 21.5 Å². The lowest BCUT2D eigenvalue weighted by Crippen LogP contribution is -2.24. The lowest BCUT2D eigenvalue weighted by molar-refractivity contribution is -0.154. The van der Waals surface area contributed by atoms with Gasteiger partial charge in [-0.1, -0.05) is 28.1 Å². The van der Waals surface area contributed by atoms with Gasteiger partial charge in [0.05, 0.1) is 6.42 Å². The van der Waals surface area contributed by atoms with Gasteiger partial charge in [0.15, 0.2) is 5.89 Å². The summed E-state index contributed by atoms with van der Waals surface area (Å²) in [7, 11) is 0. The van der Waals surface area contributed by atoms with E-state index in [0.29, 0.717) is 12.3 Å². The first-order valence-electron chi connectivity index (χ1n) is 7.19. The number of hydrogen-bond acceptors (Lipinski definition) is 4. The Balaban J connectivity index is 2.06. The molecule has 2 aromatic rings. The van der Waals surface area contributed by atoms with Crippen molar-refractivity contribution < 1.29 is 13.9 Å². The van der Waals surface area contributed by atoms with Crippen LogP contribution in [-0.2, 0) is 16.0 Å². The van der Waals surface area contributed by atoms with Gasteiger partial charge in [-0.25, -0.2) is 4.98 Å². The molecule has 0 spiro atoms. The molecule has 0 radical (unpaired) electrons. The van der Waals surface area contributed by atoms with E-state index in [-0.39, 0.29) is 12.4 Å². The van der Waals surface area contributed by atoms with E-state index in [1.807, 2.05) is 52.0 Å². The van der Waals surface area contributed by atoms with Crippen LogP contribution in [0.1, 0.15) is 38.8 Å². The first-order chi connectivity index (χ1) is 10.2. The van der Waals surface area contributed by atoms with E-state index in [1.54, 1.807) is 0 Å². The van der Waals surface area contributed by atoms with Crippen LogP contribution in [0.25, 0.3) is 11.3 Å². The smallest absolute Gasteiger partial charge is 0.306 e. The molecule has 0 aliphatic carbocycles. The SMILES string of the molecule is Cc1oc(CCC(=O)OC(C)(C)C)nc1-c1cccc(Br)c1. The van der Waals surface area contributed by atoms with Crippen molar-refractivity contribution in [3.63, 3.8) is 0 Å². The molecule has 2 rings (SSSR count). The molecule has 0 bridgehead atoms. The predicted octanol–water partition coefficient (Wildman–Crippen LogP) is 4.69. The molecule has 1 aromatic heterocycles. The van der Waals surface area contributed by atoms with Crippen LogP contribution >= 0.6 is 15.9 Å². The number of aryl methyl sites for hydroxylation is 2. The molecule has 4 nitrogen and oxygen atoms in total. The molecule has 22 heavy (non-hydrogen) atoms. The Labute approximate surface area is 139 Å². The Kier molecular flexibility index (Phi) is 5.06. The van der Waals surface area contributed by atoms with Gasteiger partial charge >= 0.3 is 5.97 Å². The number of ether oxygens (including phenoxy) is 1. The molecule has 0 saturated heterocycles. The maximum atomic E-state index is 11.7. The summed E-state index contributed by atoms with van der Waals surface area (Å²) in [5.74, 6) is 1.06. The van der Waals surface area contributed by atoms with Gasteiger partial charge in [-0.05, 0) is 39.8 Å². The minimum Gasteiger partial charge on any atom is -0.460 e. The number of benzene rings is 1. The van der Waals surface area contributed by atoms with E-state index in [9.17, 15) is 4.79 Å². The fourth-order valence-corrected chi connectivity index (χ4v) is 2.46. The Morgan fingerprint density at radius 2 is 2.09 bits per heavy atom. The van der Waals surface area contributed by atoms with E-state index >= 15 is 0 Å². The van der Waals surface area contributed by atoms with Gasteiger partial charge in [0.2, 0.25) is 0 Å². The van der Waals surface area contributed by atoms with Crippen molar-refractivity contribution in [2.45, 2.75) is 46.1 Å². The predicted molar refractivity (Wildman–Crippen MR) is 88.5 cm³/mol. The number of carbonyl (C=O) groups is 1. The largest absolute Gasteiger partial charge is 0.460 e. The zero-order valence-corrected chi connectivity index (χ0v) is 14.9. The summed E-state index contributed by atoms with van der Waals surface area (Å²) in [5, 5.41) is 0. The quantitative estimate of drug-likeness (QED) is 0.737. The summed E-state index contributed by atoms with van der Waals surface area (Å²) >= 11 is 3.45. The van der Waals surface area contributed by atoms with Crippen LogP contribution < -0.4 is 0 Å². The normalized spacial score (nSPS) is 11.5. The summed E-state index contributed by atoms with van der Waals surface area (Å²) < 4.78 is 11.9. The molecule has 0 atom stereocenters. The second kappa shape index (κ2) is 6.65. The number of esters is 1. The summed E-state index contributed by atoms with van der Waals surface area (Å²) in [6, 6.07) is 7.88. The number of carbonyl (C=O) groups excluding carboxylic acids is 1. The number of nitrogens with zero attached hydrogens (tertiary/aromatic N) is 1. The van der Waals surface area contributed by atoms with Crippen molar-refractivity contribution in [2.75, 3.05) is 0 Å². The molecule has 0 fully saturated rings. The third-order valence-corrected chi connectivity index (χ3v) is 3.40. The molecule has 0 saturated carbocycles. The Morgan fingerprint density at radius 3 is 2.73 bits per heavy atom. The standard InChI is InChI=1S/C17H20BrNO3/c1-11-16(12-6-5-7-13(18)10-12)19-14(21-11)8-9-15(20)22-17(2,3)4/h5-7,10H,8-9H2,1-4H3. The maximum Gasteiger partial charge on any atom is 0.306 e. The minimum absolute atomic E-state index is 0.243. The van der Waals surface area contributed by atoms with E-state index < -0.39 is 5.60 Å². The summed E-state index contributed by atoms with van der Waals surface area (Å²) in [6.45, 7) is 7.43. The van der Waals surface area contributed by atoms with Crippen molar-refractivity contribution >= 4 is 21.9 Å². The maximum absolute atomic E-state index is 11.7. The van der Waals surface area contributed by atoms with E-state index in [1.165, 1.54) is 0 Å². The first-order valence-corrected chi connectivity index (χ1v) is 7.98. The van der Waals surface area contributed by atoms with Crippen molar-refractivity contribution in [1.29, 1.82) is 0 Å². The van der Waals surface area contributed by atoms with Crippen LogP contribution in [0, 0.1) is 6.92 Å².